The van der Waals surface area contributed by atoms with Crippen molar-refractivity contribution in [2.24, 2.45) is 5.41 Å². The molecule has 0 radical (unpaired) electrons. The second kappa shape index (κ2) is 8.79. The summed E-state index contributed by atoms with van der Waals surface area (Å²) in [7, 11) is 0. The van der Waals surface area contributed by atoms with Crippen LogP contribution in [0.5, 0.6) is 0 Å². The van der Waals surface area contributed by atoms with Crippen molar-refractivity contribution in [2.45, 2.75) is 60.3 Å². The molecule has 2 aromatic carbocycles. The van der Waals surface area contributed by atoms with E-state index in [1.54, 1.807) is 11.8 Å². The zero-order valence-electron chi connectivity index (χ0n) is 17.8. The Balaban J connectivity index is 1.69. The van der Waals surface area contributed by atoms with Gasteiger partial charge in [-0.15, -0.1) is 0 Å². The van der Waals surface area contributed by atoms with Gasteiger partial charge >= 0.3 is 0 Å². The van der Waals surface area contributed by atoms with Crippen LogP contribution in [0.2, 0.25) is 0 Å². The third-order valence-corrected chi connectivity index (χ3v) is 7.96. The molecule has 148 valence electrons. The summed E-state index contributed by atoms with van der Waals surface area (Å²) in [6.07, 6.45) is 4.67. The Labute approximate surface area is 189 Å². The fourth-order valence-electron chi connectivity index (χ4n) is 3.90. The first-order chi connectivity index (χ1) is 13.1. The average molecular weight is 503 g/mol. The van der Waals surface area contributed by atoms with Gasteiger partial charge in [0.2, 0.25) is 0 Å². The van der Waals surface area contributed by atoms with Crippen molar-refractivity contribution >= 4 is 39.3 Å². The first-order valence-corrected chi connectivity index (χ1v) is 12.0. The highest BCUT2D eigenvalue weighted by Crippen LogP contribution is 2.37. The number of aryl methyl sites for hydroxylation is 3. The number of fused-ring (bicyclic) bond motifs is 1. The van der Waals surface area contributed by atoms with E-state index in [1.807, 2.05) is 0 Å². The largest absolute Gasteiger partial charge is 0.0981 e. The highest BCUT2D eigenvalue weighted by Gasteiger charge is 2.25. The molecule has 0 saturated carbocycles. The molecule has 0 aliphatic heterocycles. The molecule has 0 N–H and O–H groups in total. The lowest BCUT2D eigenvalue weighted by atomic mass is 9.74. The molecule has 1 aliphatic rings. The number of thioether (sulfide) groups is 1. The Morgan fingerprint density at radius 1 is 1.14 bits per heavy atom. The van der Waals surface area contributed by atoms with Crippen molar-refractivity contribution in [1.29, 1.82) is 0 Å². The van der Waals surface area contributed by atoms with Crippen LogP contribution in [0.15, 0.2) is 47.9 Å². The van der Waals surface area contributed by atoms with Crippen LogP contribution in [0, 0.1) is 22.8 Å². The molecule has 0 atom stereocenters. The van der Waals surface area contributed by atoms with Crippen LogP contribution in [0.4, 0.5) is 0 Å². The number of rotatable bonds is 5. The summed E-state index contributed by atoms with van der Waals surface area (Å²) in [6, 6.07) is 11.6. The normalized spacial score (nSPS) is 16.0. The van der Waals surface area contributed by atoms with Crippen LogP contribution in [0.25, 0.3) is 4.91 Å². The van der Waals surface area contributed by atoms with Gasteiger partial charge in [-0.2, -0.15) is 0 Å². The lowest BCUT2D eigenvalue weighted by Crippen LogP contribution is -2.22. The summed E-state index contributed by atoms with van der Waals surface area (Å²) in [5, 5.41) is 2.28. The van der Waals surface area contributed by atoms with Crippen LogP contribution < -0.4 is 0 Å². The van der Waals surface area contributed by atoms with E-state index in [2.05, 4.69) is 99.5 Å². The highest BCUT2D eigenvalue weighted by atomic mass is 127. The third-order valence-electron chi connectivity index (χ3n) is 5.76. The minimum atomic E-state index is 0.417. The summed E-state index contributed by atoms with van der Waals surface area (Å²) in [4.78, 5) is 1.14. The lowest BCUT2D eigenvalue weighted by molar-refractivity contribution is 0.315. The Hall–Kier alpha value is -1.00. The first-order valence-electron chi connectivity index (χ1n) is 10.0. The minimum absolute atomic E-state index is 0.417. The molecule has 0 saturated heterocycles. The number of hydrogen-bond acceptors (Lipinski definition) is 1. The van der Waals surface area contributed by atoms with E-state index in [1.165, 1.54) is 61.8 Å². The Bertz CT molecular complexity index is 934. The fraction of sp³-hybridized carbons (Fsp3) is 0.385. The van der Waals surface area contributed by atoms with Gasteiger partial charge in [0, 0.05) is 8.48 Å². The lowest BCUT2D eigenvalue weighted by Gasteiger charge is -2.31. The van der Waals surface area contributed by atoms with Crippen molar-refractivity contribution < 1.29 is 0 Å². The molecule has 1 aliphatic carbocycles. The van der Waals surface area contributed by atoms with Crippen LogP contribution in [-0.2, 0) is 19.3 Å². The third kappa shape index (κ3) is 5.33. The van der Waals surface area contributed by atoms with Crippen molar-refractivity contribution in [1.82, 2.24) is 0 Å². The van der Waals surface area contributed by atoms with Gasteiger partial charge in [-0.1, -0.05) is 62.0 Å². The van der Waals surface area contributed by atoms with Gasteiger partial charge < -0.3 is 0 Å². The van der Waals surface area contributed by atoms with Gasteiger partial charge in [-0.3, -0.25) is 0 Å². The maximum Gasteiger partial charge on any atom is 0.0162 e. The fourth-order valence-corrected chi connectivity index (χ4v) is 5.21. The minimum Gasteiger partial charge on any atom is -0.0981 e. The highest BCUT2D eigenvalue weighted by molar-refractivity contribution is 14.1. The monoisotopic (exact) mass is 502 g/mol. The van der Waals surface area contributed by atoms with E-state index in [-0.39, 0.29) is 0 Å². The molecular weight excluding hydrogens is 471 g/mol. The summed E-state index contributed by atoms with van der Waals surface area (Å²) >= 11 is 4.18. The topological polar surface area (TPSA) is 0 Å². The molecule has 0 bridgehead atoms. The molecular formula is C26H31IS. The molecule has 2 heteroatoms. The molecule has 3 rings (SSSR count). The predicted octanol–water partition coefficient (Wildman–Crippen LogP) is 8.27. The van der Waals surface area contributed by atoms with E-state index in [0.717, 1.165) is 11.3 Å². The van der Waals surface area contributed by atoms with E-state index in [4.69, 9.17) is 0 Å². The summed E-state index contributed by atoms with van der Waals surface area (Å²) in [6.45, 7) is 15.7. The molecule has 28 heavy (non-hydrogen) atoms. The smallest absolute Gasteiger partial charge is 0.0162 e. The molecule has 2 aromatic rings. The number of halogens is 1. The molecule has 0 fully saturated rings. The van der Waals surface area contributed by atoms with E-state index >= 15 is 0 Å². The van der Waals surface area contributed by atoms with E-state index in [9.17, 15) is 0 Å². The number of allylic oxidation sites excluding steroid dienone is 1. The van der Waals surface area contributed by atoms with Gasteiger partial charge in [0.25, 0.3) is 0 Å². The van der Waals surface area contributed by atoms with Gasteiger partial charge in [-0.05, 0) is 119 Å². The summed E-state index contributed by atoms with van der Waals surface area (Å²) < 4.78 is 1.35. The maximum atomic E-state index is 4.35. The molecule has 0 spiro atoms. The van der Waals surface area contributed by atoms with Crippen LogP contribution >= 0.6 is 34.4 Å². The predicted molar refractivity (Wildman–Crippen MR) is 135 cm³/mol. The quantitative estimate of drug-likeness (QED) is 0.371. The first kappa shape index (κ1) is 21.7. The maximum absolute atomic E-state index is 4.35. The SMILES string of the molecule is C=C(S/C=C(\C)Cc1cc(C)c(I)cc1C)c1ccc2c(c1)CC(C)(C)CC2. The van der Waals surface area contributed by atoms with E-state index < -0.39 is 0 Å². The summed E-state index contributed by atoms with van der Waals surface area (Å²) in [5.74, 6) is 0. The number of hydrogen-bond donors (Lipinski definition) is 0. The average Bonchev–Trinajstić information content (AvgIpc) is 2.62. The summed E-state index contributed by atoms with van der Waals surface area (Å²) in [5.41, 5.74) is 10.3. The second-order valence-corrected chi connectivity index (χ2v) is 11.2. The molecule has 0 aromatic heterocycles. The molecule has 0 unspecified atom stereocenters. The molecule has 0 heterocycles. The zero-order chi connectivity index (χ0) is 20.5. The van der Waals surface area contributed by atoms with Gasteiger partial charge in [0.05, 0.1) is 0 Å². The van der Waals surface area contributed by atoms with Crippen LogP contribution in [-0.4, -0.2) is 0 Å². The van der Waals surface area contributed by atoms with Gasteiger partial charge in [0.15, 0.2) is 0 Å². The standard InChI is InChI=1S/C26H31IS/c1-17(11-23-12-19(3)25(27)13-18(23)2)16-28-20(4)22-8-7-21-9-10-26(5,6)15-24(21)14-22/h7-8,12-14,16H,4,9-11,15H2,1-3,5-6H3/b17-16+. The number of benzene rings is 2. The van der Waals surface area contributed by atoms with Crippen LogP contribution in [0.3, 0.4) is 0 Å². The molecule has 0 amide bonds. The zero-order valence-corrected chi connectivity index (χ0v) is 20.8. The Morgan fingerprint density at radius 3 is 2.64 bits per heavy atom. The van der Waals surface area contributed by atoms with Gasteiger partial charge in [-0.25, -0.2) is 0 Å². The van der Waals surface area contributed by atoms with Crippen molar-refractivity contribution in [2.75, 3.05) is 0 Å². The van der Waals surface area contributed by atoms with Crippen molar-refractivity contribution in [3.63, 3.8) is 0 Å². The van der Waals surface area contributed by atoms with Crippen molar-refractivity contribution in [3.05, 3.63) is 84.8 Å². The Morgan fingerprint density at radius 2 is 1.89 bits per heavy atom. The Kier molecular flexibility index (Phi) is 6.81. The van der Waals surface area contributed by atoms with E-state index in [0.29, 0.717) is 5.41 Å². The second-order valence-electron chi connectivity index (χ2n) is 9.03. The van der Waals surface area contributed by atoms with Gasteiger partial charge in [0.1, 0.15) is 0 Å². The molecule has 0 nitrogen and oxygen atoms in total. The van der Waals surface area contributed by atoms with Crippen LogP contribution in [0.1, 0.15) is 60.6 Å². The van der Waals surface area contributed by atoms with Crippen molar-refractivity contribution in [3.8, 4) is 0 Å².